The molecule has 0 aliphatic carbocycles. The number of carbonyl (C=O) groups is 2. The van der Waals surface area contributed by atoms with Gasteiger partial charge in [0, 0.05) is 36.2 Å². The normalized spacial score (nSPS) is 13.3. The molecule has 3 amide bonds. The molecule has 11 nitrogen and oxygen atoms in total. The number of carbonyl (C=O) groups excluding carboxylic acids is 2. The lowest BCUT2D eigenvalue weighted by atomic mass is 9.92. The highest BCUT2D eigenvalue weighted by Crippen LogP contribution is 2.34. The summed E-state index contributed by atoms with van der Waals surface area (Å²) in [4.78, 5) is 40.5. The van der Waals surface area contributed by atoms with Crippen LogP contribution >= 0.6 is 11.3 Å². The molecule has 1 aliphatic heterocycles. The summed E-state index contributed by atoms with van der Waals surface area (Å²) in [5, 5.41) is 10.9. The first-order valence-corrected chi connectivity index (χ1v) is 15.2. The Morgan fingerprint density at radius 3 is 2.47 bits per heavy atom. The maximum atomic E-state index is 14.3. The largest absolute Gasteiger partial charge is 0.424 e. The van der Waals surface area contributed by atoms with Crippen molar-refractivity contribution in [2.75, 3.05) is 22.1 Å². The number of thiazole rings is 1. The highest BCUT2D eigenvalue weighted by Gasteiger charge is 2.25. The Morgan fingerprint density at radius 2 is 1.78 bits per heavy atom. The van der Waals surface area contributed by atoms with Crippen LogP contribution in [0.1, 0.15) is 44.9 Å². The molecule has 0 radical (unpaired) electrons. The van der Waals surface area contributed by atoms with Crippen LogP contribution in [0.25, 0.3) is 16.1 Å². The molecule has 0 spiro atoms. The zero-order chi connectivity index (χ0) is 31.7. The third-order valence-corrected chi connectivity index (χ3v) is 8.29. The van der Waals surface area contributed by atoms with Crippen LogP contribution in [0.5, 0.6) is 11.8 Å². The molecule has 4 heterocycles. The first-order chi connectivity index (χ1) is 21.5. The van der Waals surface area contributed by atoms with Gasteiger partial charge >= 0.3 is 12.0 Å². The Kier molecular flexibility index (Phi) is 8.02. The number of hydrogen-bond acceptors (Lipinski definition) is 8. The fourth-order valence-corrected chi connectivity index (χ4v) is 5.69. The number of urea groups is 1. The molecule has 5 aromatic rings. The molecule has 2 N–H and O–H groups in total. The minimum Gasteiger partial charge on any atom is -0.424 e. The molecule has 2 aromatic carbocycles. The van der Waals surface area contributed by atoms with Crippen molar-refractivity contribution in [1.82, 2.24) is 24.7 Å². The summed E-state index contributed by atoms with van der Waals surface area (Å²) in [6, 6.07) is 13.5. The molecule has 6 rings (SSSR count). The fraction of sp³-hybridized carbons (Fsp3) is 0.250. The van der Waals surface area contributed by atoms with E-state index in [1.807, 2.05) is 32.9 Å². The van der Waals surface area contributed by atoms with E-state index in [1.165, 1.54) is 34.5 Å². The molecular weight excluding hydrogens is 595 g/mol. The van der Waals surface area contributed by atoms with Gasteiger partial charge in [-0.3, -0.25) is 15.0 Å². The van der Waals surface area contributed by atoms with Crippen molar-refractivity contribution in [2.24, 2.45) is 0 Å². The van der Waals surface area contributed by atoms with E-state index in [9.17, 15) is 14.0 Å². The standard InChI is InChI=1S/C32H31FN8O3S/c1-19-23(33)7-5-8-24(19)41-27(15-26(39-41)32(2,3)4)38-29(43)37-21-16-34-30(35-17-21)44-22-12-10-20(11-13-22)25-18-36-31(45-25)40-14-6-9-28(40)42/h5,7-8,10-13,15-18H,6,9,14H2,1-4H3,(H2,37,38,43). The van der Waals surface area contributed by atoms with Crippen LogP contribution in [-0.2, 0) is 10.2 Å². The zero-order valence-electron chi connectivity index (χ0n) is 25.2. The maximum absolute atomic E-state index is 14.3. The van der Waals surface area contributed by atoms with Crippen LogP contribution in [0.15, 0.2) is 67.1 Å². The summed E-state index contributed by atoms with van der Waals surface area (Å²) in [5.74, 6) is 0.664. The van der Waals surface area contributed by atoms with Crippen molar-refractivity contribution in [3.8, 4) is 27.9 Å². The van der Waals surface area contributed by atoms with Gasteiger partial charge in [-0.2, -0.15) is 5.10 Å². The Balaban J connectivity index is 1.10. The highest BCUT2D eigenvalue weighted by atomic mass is 32.1. The van der Waals surface area contributed by atoms with Gasteiger partial charge in [-0.15, -0.1) is 0 Å². The van der Waals surface area contributed by atoms with Crippen LogP contribution in [-0.4, -0.2) is 43.2 Å². The van der Waals surface area contributed by atoms with Crippen LogP contribution in [0.3, 0.4) is 0 Å². The van der Waals surface area contributed by atoms with E-state index >= 15 is 0 Å². The Labute approximate surface area is 263 Å². The number of hydrogen-bond donors (Lipinski definition) is 2. The van der Waals surface area contributed by atoms with Crippen LogP contribution in [0, 0.1) is 12.7 Å². The molecular formula is C32H31FN8O3S. The third kappa shape index (κ3) is 6.53. The topological polar surface area (TPSA) is 127 Å². The summed E-state index contributed by atoms with van der Waals surface area (Å²) in [5.41, 5.74) is 2.66. The molecule has 13 heteroatoms. The number of benzene rings is 2. The molecule has 1 aliphatic rings. The summed E-state index contributed by atoms with van der Waals surface area (Å²) in [6.45, 7) is 8.39. The summed E-state index contributed by atoms with van der Waals surface area (Å²) in [6.07, 6.45) is 6.06. The SMILES string of the molecule is Cc1c(F)cccc1-n1nc(C(C)(C)C)cc1NC(=O)Nc1cnc(Oc2ccc(-c3cnc(N4CCCC4=O)s3)cc2)nc1. The van der Waals surface area contributed by atoms with Gasteiger partial charge in [0.05, 0.1) is 34.3 Å². The molecule has 45 heavy (non-hydrogen) atoms. The van der Waals surface area contributed by atoms with E-state index in [-0.39, 0.29) is 23.1 Å². The first kappa shape index (κ1) is 29.9. The number of nitrogens with zero attached hydrogens (tertiary/aromatic N) is 6. The van der Waals surface area contributed by atoms with Gasteiger partial charge in [0.2, 0.25) is 5.91 Å². The maximum Gasteiger partial charge on any atom is 0.324 e. The molecule has 0 atom stereocenters. The molecule has 0 saturated carbocycles. The Bertz CT molecular complexity index is 1860. The quantitative estimate of drug-likeness (QED) is 0.197. The first-order valence-electron chi connectivity index (χ1n) is 14.4. The second-order valence-corrected chi connectivity index (χ2v) is 12.6. The van der Waals surface area contributed by atoms with Crippen LogP contribution in [0.2, 0.25) is 0 Å². The van der Waals surface area contributed by atoms with Crippen molar-refractivity contribution >= 4 is 39.9 Å². The highest BCUT2D eigenvalue weighted by molar-refractivity contribution is 7.19. The van der Waals surface area contributed by atoms with E-state index < -0.39 is 6.03 Å². The number of aromatic nitrogens is 5. The summed E-state index contributed by atoms with van der Waals surface area (Å²) >= 11 is 1.48. The minimum absolute atomic E-state index is 0.107. The monoisotopic (exact) mass is 626 g/mol. The Morgan fingerprint density at radius 1 is 1.02 bits per heavy atom. The van der Waals surface area contributed by atoms with Crippen molar-refractivity contribution in [1.29, 1.82) is 0 Å². The predicted octanol–water partition coefficient (Wildman–Crippen LogP) is 7.09. The van der Waals surface area contributed by atoms with Gasteiger partial charge < -0.3 is 10.1 Å². The average molecular weight is 627 g/mol. The average Bonchev–Trinajstić information content (AvgIpc) is 3.76. The second-order valence-electron chi connectivity index (χ2n) is 11.6. The molecule has 3 aromatic heterocycles. The van der Waals surface area contributed by atoms with E-state index in [0.29, 0.717) is 46.6 Å². The number of amides is 3. The second kappa shape index (κ2) is 12.1. The van der Waals surface area contributed by atoms with Crippen LogP contribution in [0.4, 0.5) is 25.8 Å². The minimum atomic E-state index is -0.543. The molecule has 0 bridgehead atoms. The lowest BCUT2D eigenvalue weighted by molar-refractivity contribution is -0.117. The van der Waals surface area contributed by atoms with Crippen molar-refractivity contribution in [3.63, 3.8) is 0 Å². The number of ether oxygens (including phenoxy) is 1. The summed E-state index contributed by atoms with van der Waals surface area (Å²) in [7, 11) is 0. The fourth-order valence-electron chi connectivity index (χ4n) is 4.72. The number of anilines is 3. The molecule has 230 valence electrons. The predicted molar refractivity (Wildman–Crippen MR) is 171 cm³/mol. The number of rotatable bonds is 7. The van der Waals surface area contributed by atoms with E-state index in [4.69, 9.17) is 4.74 Å². The van der Waals surface area contributed by atoms with Gasteiger partial charge in [-0.1, -0.05) is 38.2 Å². The van der Waals surface area contributed by atoms with Gasteiger partial charge in [0.15, 0.2) is 5.13 Å². The van der Waals surface area contributed by atoms with E-state index in [2.05, 4.69) is 30.7 Å². The number of halogens is 1. The molecule has 1 fully saturated rings. The van der Waals surface area contributed by atoms with Crippen molar-refractivity contribution in [3.05, 3.63) is 84.2 Å². The van der Waals surface area contributed by atoms with Gasteiger partial charge in [-0.05, 0) is 55.3 Å². The third-order valence-electron chi connectivity index (χ3n) is 7.22. The van der Waals surface area contributed by atoms with Crippen LogP contribution < -0.4 is 20.3 Å². The lowest BCUT2D eigenvalue weighted by Gasteiger charge is -2.14. The van der Waals surface area contributed by atoms with Gasteiger partial charge in [-0.25, -0.2) is 28.8 Å². The lowest BCUT2D eigenvalue weighted by Crippen LogP contribution is -2.23. The smallest absolute Gasteiger partial charge is 0.324 e. The summed E-state index contributed by atoms with van der Waals surface area (Å²) < 4.78 is 21.6. The zero-order valence-corrected chi connectivity index (χ0v) is 26.0. The van der Waals surface area contributed by atoms with Crippen molar-refractivity contribution in [2.45, 2.75) is 46.0 Å². The molecule has 1 saturated heterocycles. The molecule has 0 unspecified atom stereocenters. The van der Waals surface area contributed by atoms with Gasteiger partial charge in [0.1, 0.15) is 17.4 Å². The Hall–Kier alpha value is -5.17. The van der Waals surface area contributed by atoms with Crippen molar-refractivity contribution < 1.29 is 18.7 Å². The van der Waals surface area contributed by atoms with E-state index in [1.54, 1.807) is 48.4 Å². The van der Waals surface area contributed by atoms with E-state index in [0.717, 1.165) is 22.6 Å². The number of nitrogens with one attached hydrogen (secondary N) is 2. The van der Waals surface area contributed by atoms with Gasteiger partial charge in [0.25, 0.3) is 0 Å².